The molecule has 0 saturated carbocycles. The van der Waals surface area contributed by atoms with Crippen LogP contribution in [0.5, 0.6) is 5.75 Å². The van der Waals surface area contributed by atoms with Gasteiger partial charge in [-0.3, -0.25) is 0 Å². The largest absolute Gasteiger partial charge is 0.494 e. The van der Waals surface area contributed by atoms with Gasteiger partial charge in [-0.2, -0.15) is 5.11 Å². The maximum Gasteiger partial charge on any atom is 0.337 e. The predicted octanol–water partition coefficient (Wildman–Crippen LogP) is 5.46. The molecule has 0 aliphatic rings. The lowest BCUT2D eigenvalue weighted by Crippen LogP contribution is -2.02. The number of carboxylic acids is 2. The maximum atomic E-state index is 11.3. The van der Waals surface area contributed by atoms with E-state index >= 15 is 0 Å². The van der Waals surface area contributed by atoms with Crippen LogP contribution in [0.2, 0.25) is 0 Å². The highest BCUT2D eigenvalue weighted by molar-refractivity contribution is 5.97. The second-order valence-electron chi connectivity index (χ2n) is 5.95. The molecule has 0 aliphatic carbocycles. The molecule has 2 aromatic rings. The molecular weight excluding hydrogens is 348 g/mol. The van der Waals surface area contributed by atoms with Gasteiger partial charge in [-0.25, -0.2) is 9.59 Å². The minimum Gasteiger partial charge on any atom is -0.494 e. The van der Waals surface area contributed by atoms with E-state index in [-0.39, 0.29) is 16.8 Å². The summed E-state index contributed by atoms with van der Waals surface area (Å²) in [4.78, 5) is 22.3. The molecule has 7 heteroatoms. The quantitative estimate of drug-likeness (QED) is 0.426. The van der Waals surface area contributed by atoms with Gasteiger partial charge in [0.15, 0.2) is 0 Å². The Morgan fingerprint density at radius 3 is 2.48 bits per heavy atom. The van der Waals surface area contributed by atoms with Gasteiger partial charge < -0.3 is 14.9 Å². The molecule has 0 aliphatic heterocycles. The molecule has 2 N–H and O–H groups in total. The summed E-state index contributed by atoms with van der Waals surface area (Å²) in [7, 11) is 0. The van der Waals surface area contributed by atoms with Gasteiger partial charge in [-0.15, -0.1) is 5.11 Å². The molecule has 0 spiro atoms. The van der Waals surface area contributed by atoms with Gasteiger partial charge >= 0.3 is 11.9 Å². The summed E-state index contributed by atoms with van der Waals surface area (Å²) in [5, 5.41) is 26.2. The molecule has 27 heavy (non-hydrogen) atoms. The Hall–Kier alpha value is -3.22. The number of hydrogen-bond donors (Lipinski definition) is 2. The molecule has 0 fully saturated rings. The molecule has 0 aromatic heterocycles. The highest BCUT2D eigenvalue weighted by atomic mass is 16.5. The lowest BCUT2D eigenvalue weighted by Gasteiger charge is -2.06. The number of carboxylic acid groups (broad SMARTS) is 2. The Bertz CT molecular complexity index is 833. The number of unbranched alkanes of at least 4 members (excludes halogenated alkanes) is 3. The lowest BCUT2D eigenvalue weighted by atomic mass is 10.1. The van der Waals surface area contributed by atoms with Gasteiger partial charge in [0.25, 0.3) is 0 Å². The third-order valence-corrected chi connectivity index (χ3v) is 3.83. The van der Waals surface area contributed by atoms with E-state index in [1.165, 1.54) is 25.0 Å². The third kappa shape index (κ3) is 6.22. The molecule has 2 rings (SSSR count). The van der Waals surface area contributed by atoms with Crippen molar-refractivity contribution in [2.45, 2.75) is 32.6 Å². The van der Waals surface area contributed by atoms with Crippen molar-refractivity contribution in [2.24, 2.45) is 10.2 Å². The number of benzene rings is 2. The third-order valence-electron chi connectivity index (χ3n) is 3.83. The van der Waals surface area contributed by atoms with Gasteiger partial charge in [0, 0.05) is 6.07 Å². The van der Waals surface area contributed by atoms with E-state index in [0.717, 1.165) is 18.9 Å². The van der Waals surface area contributed by atoms with Crippen LogP contribution >= 0.6 is 0 Å². The van der Waals surface area contributed by atoms with Crippen LogP contribution < -0.4 is 4.74 Å². The molecule has 0 saturated heterocycles. The first-order valence-corrected chi connectivity index (χ1v) is 8.76. The molecule has 2 aromatic carbocycles. The van der Waals surface area contributed by atoms with E-state index in [9.17, 15) is 14.7 Å². The SMILES string of the molecule is CCCCCCOc1cccc(N=Nc2ccc(C(=O)O)cc2C(=O)O)c1. The van der Waals surface area contributed by atoms with Crippen LogP contribution in [0.25, 0.3) is 0 Å². The molecule has 0 radical (unpaired) electrons. The number of carbonyl (C=O) groups is 2. The standard InChI is InChI=1S/C20H22N2O5/c1-2-3-4-5-11-27-16-8-6-7-15(13-16)21-22-18-10-9-14(19(23)24)12-17(18)20(25)26/h6-10,12-13H,2-5,11H2,1H3,(H,23,24)(H,25,26). The van der Waals surface area contributed by atoms with E-state index < -0.39 is 11.9 Å². The average Bonchev–Trinajstić information content (AvgIpc) is 2.66. The number of rotatable bonds is 10. The van der Waals surface area contributed by atoms with Crippen LogP contribution in [0.15, 0.2) is 52.7 Å². The molecule has 0 atom stereocenters. The normalized spacial score (nSPS) is 10.9. The summed E-state index contributed by atoms with van der Waals surface area (Å²) in [6.07, 6.45) is 4.46. The van der Waals surface area contributed by atoms with Gasteiger partial charge in [0.1, 0.15) is 11.4 Å². The van der Waals surface area contributed by atoms with E-state index in [2.05, 4.69) is 17.2 Å². The summed E-state index contributed by atoms with van der Waals surface area (Å²) in [5.41, 5.74) is 0.255. The van der Waals surface area contributed by atoms with Crippen LogP contribution in [-0.2, 0) is 0 Å². The van der Waals surface area contributed by atoms with E-state index in [1.807, 2.05) is 6.07 Å². The van der Waals surface area contributed by atoms with Gasteiger partial charge in [0.2, 0.25) is 0 Å². The van der Waals surface area contributed by atoms with Gasteiger partial charge in [0.05, 0.1) is 23.4 Å². The molecule has 0 bridgehead atoms. The van der Waals surface area contributed by atoms with Crippen molar-refractivity contribution in [3.8, 4) is 5.75 Å². The fourth-order valence-corrected chi connectivity index (χ4v) is 2.39. The Labute approximate surface area is 157 Å². The van der Waals surface area contributed by atoms with Crippen molar-refractivity contribution in [3.63, 3.8) is 0 Å². The first-order valence-electron chi connectivity index (χ1n) is 8.76. The fraction of sp³-hybridized carbons (Fsp3) is 0.300. The van der Waals surface area contributed by atoms with Crippen LogP contribution in [0.3, 0.4) is 0 Å². The molecular formula is C20H22N2O5. The topological polar surface area (TPSA) is 109 Å². The van der Waals surface area contributed by atoms with Crippen LogP contribution in [0.4, 0.5) is 11.4 Å². The van der Waals surface area contributed by atoms with Crippen molar-refractivity contribution in [1.82, 2.24) is 0 Å². The van der Waals surface area contributed by atoms with Crippen LogP contribution in [0.1, 0.15) is 53.3 Å². The van der Waals surface area contributed by atoms with E-state index in [4.69, 9.17) is 9.84 Å². The fourth-order valence-electron chi connectivity index (χ4n) is 2.39. The van der Waals surface area contributed by atoms with Crippen LogP contribution in [0, 0.1) is 0 Å². The maximum absolute atomic E-state index is 11.3. The van der Waals surface area contributed by atoms with Crippen molar-refractivity contribution in [3.05, 3.63) is 53.6 Å². The minimum absolute atomic E-state index is 0.0818. The number of aromatic carboxylic acids is 2. The minimum atomic E-state index is -1.27. The zero-order valence-electron chi connectivity index (χ0n) is 15.1. The zero-order chi connectivity index (χ0) is 19.6. The summed E-state index contributed by atoms with van der Waals surface area (Å²) in [6.45, 7) is 2.78. The number of nitrogens with zero attached hydrogens (tertiary/aromatic N) is 2. The smallest absolute Gasteiger partial charge is 0.337 e. The summed E-state index contributed by atoms with van der Waals surface area (Å²) >= 11 is 0. The predicted molar refractivity (Wildman–Crippen MR) is 101 cm³/mol. The van der Waals surface area contributed by atoms with Crippen molar-refractivity contribution >= 4 is 23.3 Å². The second kappa shape index (κ2) is 10.1. The Morgan fingerprint density at radius 1 is 0.963 bits per heavy atom. The molecule has 0 amide bonds. The highest BCUT2D eigenvalue weighted by Crippen LogP contribution is 2.26. The summed E-state index contributed by atoms with van der Waals surface area (Å²) in [5.74, 6) is -1.80. The van der Waals surface area contributed by atoms with E-state index in [1.54, 1.807) is 18.2 Å². The Morgan fingerprint density at radius 2 is 1.78 bits per heavy atom. The molecule has 0 unspecified atom stereocenters. The monoisotopic (exact) mass is 370 g/mol. The lowest BCUT2D eigenvalue weighted by molar-refractivity contribution is 0.0696. The molecule has 142 valence electrons. The van der Waals surface area contributed by atoms with Crippen molar-refractivity contribution < 1.29 is 24.5 Å². The van der Waals surface area contributed by atoms with Gasteiger partial charge in [-0.1, -0.05) is 32.3 Å². The summed E-state index contributed by atoms with van der Waals surface area (Å²) in [6, 6.07) is 10.7. The Kier molecular flexibility index (Phi) is 7.49. The average molecular weight is 370 g/mol. The Balaban J connectivity index is 2.10. The van der Waals surface area contributed by atoms with Crippen LogP contribution in [-0.4, -0.2) is 28.8 Å². The number of azo groups is 1. The molecule has 0 heterocycles. The highest BCUT2D eigenvalue weighted by Gasteiger charge is 2.13. The number of hydrogen-bond acceptors (Lipinski definition) is 5. The van der Waals surface area contributed by atoms with E-state index in [0.29, 0.717) is 18.0 Å². The zero-order valence-corrected chi connectivity index (χ0v) is 15.1. The second-order valence-corrected chi connectivity index (χ2v) is 5.95. The van der Waals surface area contributed by atoms with Gasteiger partial charge in [-0.05, 0) is 36.8 Å². The first-order chi connectivity index (χ1) is 13.0. The first kappa shape index (κ1) is 20.1. The summed E-state index contributed by atoms with van der Waals surface area (Å²) < 4.78 is 5.69. The van der Waals surface area contributed by atoms with Crippen molar-refractivity contribution in [2.75, 3.05) is 6.61 Å². The molecule has 7 nitrogen and oxygen atoms in total. The van der Waals surface area contributed by atoms with Crippen molar-refractivity contribution in [1.29, 1.82) is 0 Å². The number of ether oxygens (including phenoxy) is 1.